The number of anilines is 1. The Labute approximate surface area is 172 Å². The van der Waals surface area contributed by atoms with Gasteiger partial charge < -0.3 is 16.0 Å². The molecule has 0 aliphatic carbocycles. The number of hydrogen-bond donors (Lipinski definition) is 3. The van der Waals surface area contributed by atoms with Gasteiger partial charge >= 0.3 is 0 Å². The molecule has 0 saturated heterocycles. The second kappa shape index (κ2) is 11.5. The summed E-state index contributed by atoms with van der Waals surface area (Å²) in [5, 5.41) is 14.4. The first-order chi connectivity index (χ1) is 14.3. The number of benzene rings is 1. The minimum Gasteiger partial charge on any atom is -0.370 e. The van der Waals surface area contributed by atoms with Crippen molar-refractivity contribution in [2.75, 3.05) is 25.5 Å². The number of nitrogens with zero attached hydrogens (tertiary/aromatic N) is 4. The number of aliphatic imine (C=N–C) groups is 1. The van der Waals surface area contributed by atoms with Gasteiger partial charge in [-0.15, -0.1) is 0 Å². The molecule has 0 radical (unpaired) electrons. The lowest BCUT2D eigenvalue weighted by Gasteiger charge is -2.14. The van der Waals surface area contributed by atoms with Crippen LogP contribution in [-0.4, -0.2) is 40.9 Å². The summed E-state index contributed by atoms with van der Waals surface area (Å²) in [5.41, 5.74) is 2.49. The van der Waals surface area contributed by atoms with Crippen LogP contribution in [-0.2, 0) is 13.1 Å². The van der Waals surface area contributed by atoms with Gasteiger partial charge in [-0.25, -0.2) is 4.98 Å². The van der Waals surface area contributed by atoms with E-state index in [0.29, 0.717) is 0 Å². The molecule has 0 spiro atoms. The van der Waals surface area contributed by atoms with Gasteiger partial charge in [-0.1, -0.05) is 30.3 Å². The Kier molecular flexibility index (Phi) is 8.07. The largest absolute Gasteiger partial charge is 0.370 e. The van der Waals surface area contributed by atoms with Crippen molar-refractivity contribution in [3.05, 3.63) is 78.2 Å². The first-order valence-electron chi connectivity index (χ1n) is 9.99. The van der Waals surface area contributed by atoms with Crippen molar-refractivity contribution in [3.63, 3.8) is 0 Å². The van der Waals surface area contributed by atoms with Gasteiger partial charge in [-0.3, -0.25) is 9.67 Å². The molecule has 2 heterocycles. The van der Waals surface area contributed by atoms with Gasteiger partial charge in [-0.2, -0.15) is 5.10 Å². The van der Waals surface area contributed by atoms with E-state index < -0.39 is 0 Å². The Morgan fingerprint density at radius 2 is 1.76 bits per heavy atom. The zero-order valence-electron chi connectivity index (χ0n) is 16.9. The van der Waals surface area contributed by atoms with Crippen LogP contribution in [0.5, 0.6) is 0 Å². The maximum Gasteiger partial charge on any atom is 0.191 e. The van der Waals surface area contributed by atoms with E-state index in [-0.39, 0.29) is 0 Å². The molecule has 29 heavy (non-hydrogen) atoms. The molecule has 3 N–H and O–H groups in total. The Hall–Kier alpha value is -3.35. The number of pyridine rings is 1. The van der Waals surface area contributed by atoms with Gasteiger partial charge in [0.25, 0.3) is 0 Å². The van der Waals surface area contributed by atoms with Crippen LogP contribution in [0.15, 0.2) is 72.1 Å². The Bertz CT molecular complexity index is 860. The standard InChI is InChI=1S/C22H29N7/c1-23-22(26-14-7-6-13-25-21-11-4-5-12-24-21)27-17-19-9-2-3-10-20(19)18-29-16-8-15-28-29/h2-5,8-12,15-16H,6-7,13-14,17-18H2,1H3,(H,24,25)(H2,23,26,27). The maximum absolute atomic E-state index is 4.33. The molecule has 3 rings (SSSR count). The molecule has 0 fully saturated rings. The summed E-state index contributed by atoms with van der Waals surface area (Å²) in [5.74, 6) is 1.74. The van der Waals surface area contributed by atoms with E-state index in [1.165, 1.54) is 11.1 Å². The topological polar surface area (TPSA) is 79.2 Å². The van der Waals surface area contributed by atoms with Crippen molar-refractivity contribution >= 4 is 11.8 Å². The molecule has 0 aliphatic rings. The fourth-order valence-electron chi connectivity index (χ4n) is 2.99. The summed E-state index contributed by atoms with van der Waals surface area (Å²) in [6.45, 7) is 3.27. The number of nitrogens with one attached hydrogen (secondary N) is 3. The van der Waals surface area contributed by atoms with E-state index in [9.17, 15) is 0 Å². The number of unbranched alkanes of at least 4 members (excludes halogenated alkanes) is 1. The first kappa shape index (κ1) is 20.4. The van der Waals surface area contributed by atoms with Crippen molar-refractivity contribution < 1.29 is 0 Å². The zero-order chi connectivity index (χ0) is 20.2. The Morgan fingerprint density at radius 3 is 2.52 bits per heavy atom. The smallest absolute Gasteiger partial charge is 0.191 e. The average molecular weight is 392 g/mol. The lowest BCUT2D eigenvalue weighted by molar-refractivity contribution is 0.676. The van der Waals surface area contributed by atoms with Crippen LogP contribution in [0.25, 0.3) is 0 Å². The van der Waals surface area contributed by atoms with Crippen molar-refractivity contribution in [2.24, 2.45) is 4.99 Å². The summed E-state index contributed by atoms with van der Waals surface area (Å²) in [6, 6.07) is 16.2. The molecule has 0 atom stereocenters. The minimum atomic E-state index is 0.721. The molecule has 7 nitrogen and oxygen atoms in total. The SMILES string of the molecule is CN=C(NCCCCNc1ccccn1)NCc1ccccc1Cn1cccn1. The Morgan fingerprint density at radius 1 is 0.931 bits per heavy atom. The summed E-state index contributed by atoms with van der Waals surface area (Å²) in [6.07, 6.45) is 7.70. The molecule has 152 valence electrons. The predicted molar refractivity (Wildman–Crippen MR) is 118 cm³/mol. The zero-order valence-corrected chi connectivity index (χ0v) is 16.9. The molecule has 1 aromatic carbocycles. The van der Waals surface area contributed by atoms with Crippen LogP contribution in [0.1, 0.15) is 24.0 Å². The highest BCUT2D eigenvalue weighted by molar-refractivity contribution is 5.79. The second-order valence-corrected chi connectivity index (χ2v) is 6.67. The normalized spacial score (nSPS) is 11.3. The van der Waals surface area contributed by atoms with Gasteiger partial charge in [0.15, 0.2) is 5.96 Å². The molecular weight excluding hydrogens is 362 g/mol. The minimum absolute atomic E-state index is 0.721. The fourth-order valence-corrected chi connectivity index (χ4v) is 2.99. The van der Waals surface area contributed by atoms with E-state index in [1.54, 1.807) is 19.4 Å². The monoisotopic (exact) mass is 391 g/mol. The van der Waals surface area contributed by atoms with Crippen molar-refractivity contribution in [3.8, 4) is 0 Å². The van der Waals surface area contributed by atoms with Crippen LogP contribution in [0.2, 0.25) is 0 Å². The molecule has 0 aliphatic heterocycles. The van der Waals surface area contributed by atoms with Gasteiger partial charge in [0.05, 0.1) is 6.54 Å². The fraction of sp³-hybridized carbons (Fsp3) is 0.318. The van der Waals surface area contributed by atoms with Crippen molar-refractivity contribution in [1.29, 1.82) is 0 Å². The number of aromatic nitrogens is 3. The van der Waals surface area contributed by atoms with Gasteiger partial charge in [0.2, 0.25) is 0 Å². The Balaban J connectivity index is 1.37. The van der Waals surface area contributed by atoms with Crippen molar-refractivity contribution in [1.82, 2.24) is 25.4 Å². The highest BCUT2D eigenvalue weighted by Crippen LogP contribution is 2.10. The molecule has 0 unspecified atom stereocenters. The van der Waals surface area contributed by atoms with E-state index in [1.807, 2.05) is 35.1 Å². The van der Waals surface area contributed by atoms with Crippen molar-refractivity contribution in [2.45, 2.75) is 25.9 Å². The van der Waals surface area contributed by atoms with Crippen LogP contribution in [0, 0.1) is 0 Å². The second-order valence-electron chi connectivity index (χ2n) is 6.67. The summed E-state index contributed by atoms with van der Waals surface area (Å²) >= 11 is 0. The van der Waals surface area contributed by atoms with Crippen LogP contribution < -0.4 is 16.0 Å². The van der Waals surface area contributed by atoms with Crippen LogP contribution in [0.3, 0.4) is 0 Å². The van der Waals surface area contributed by atoms with Crippen LogP contribution in [0.4, 0.5) is 5.82 Å². The molecule has 3 aromatic rings. The first-order valence-corrected chi connectivity index (χ1v) is 9.99. The molecule has 0 amide bonds. The highest BCUT2D eigenvalue weighted by atomic mass is 15.3. The third-order valence-corrected chi connectivity index (χ3v) is 4.55. The van der Waals surface area contributed by atoms with Crippen LogP contribution >= 0.6 is 0 Å². The molecule has 7 heteroatoms. The third kappa shape index (κ3) is 6.95. The maximum atomic E-state index is 4.33. The molecule has 0 bridgehead atoms. The molecule has 0 saturated carbocycles. The molecule has 2 aromatic heterocycles. The lowest BCUT2D eigenvalue weighted by Crippen LogP contribution is -2.37. The third-order valence-electron chi connectivity index (χ3n) is 4.55. The number of hydrogen-bond acceptors (Lipinski definition) is 4. The summed E-state index contributed by atoms with van der Waals surface area (Å²) in [7, 11) is 1.80. The van der Waals surface area contributed by atoms with Gasteiger partial charge in [0.1, 0.15) is 5.82 Å². The lowest BCUT2D eigenvalue weighted by atomic mass is 10.1. The van der Waals surface area contributed by atoms with E-state index >= 15 is 0 Å². The highest BCUT2D eigenvalue weighted by Gasteiger charge is 2.04. The van der Waals surface area contributed by atoms with E-state index in [2.05, 4.69) is 55.3 Å². The summed E-state index contributed by atoms with van der Waals surface area (Å²) in [4.78, 5) is 8.59. The van der Waals surface area contributed by atoms with E-state index in [4.69, 9.17) is 0 Å². The van der Waals surface area contributed by atoms with E-state index in [0.717, 1.165) is 50.8 Å². The summed E-state index contributed by atoms with van der Waals surface area (Å²) < 4.78 is 1.94. The van der Waals surface area contributed by atoms with Gasteiger partial charge in [-0.05, 0) is 42.2 Å². The molecular formula is C22H29N7. The predicted octanol–water partition coefficient (Wildman–Crippen LogP) is 2.88. The number of guanidine groups is 1. The average Bonchev–Trinajstić information content (AvgIpc) is 3.27. The number of rotatable bonds is 10. The van der Waals surface area contributed by atoms with Gasteiger partial charge in [0, 0.05) is 45.3 Å². The quantitative estimate of drug-likeness (QED) is 0.281.